The van der Waals surface area contributed by atoms with Gasteiger partial charge >= 0.3 is 5.97 Å². The summed E-state index contributed by atoms with van der Waals surface area (Å²) >= 11 is 0. The third-order valence-corrected chi connectivity index (χ3v) is 2.79. The zero-order chi connectivity index (χ0) is 12.4. The van der Waals surface area contributed by atoms with Crippen LogP contribution in [-0.4, -0.2) is 28.6 Å². The summed E-state index contributed by atoms with van der Waals surface area (Å²) in [6, 6.07) is 3.71. The van der Waals surface area contributed by atoms with Gasteiger partial charge in [-0.05, 0) is 31.9 Å². The van der Waals surface area contributed by atoms with E-state index in [-0.39, 0.29) is 0 Å². The van der Waals surface area contributed by atoms with E-state index in [4.69, 9.17) is 5.11 Å². The van der Waals surface area contributed by atoms with E-state index in [1.807, 2.05) is 13.0 Å². The molecule has 2 rings (SSSR count). The Bertz CT molecular complexity index is 453. The lowest BCUT2D eigenvalue weighted by Crippen LogP contribution is -2.27. The molecule has 0 unspecified atom stereocenters. The molecule has 0 saturated heterocycles. The molecule has 90 valence electrons. The number of hydrogen-bond acceptors (Lipinski definition) is 3. The van der Waals surface area contributed by atoms with E-state index < -0.39 is 5.97 Å². The van der Waals surface area contributed by atoms with Crippen LogP contribution >= 0.6 is 0 Å². The Morgan fingerprint density at radius 1 is 1.65 bits per heavy atom. The molecule has 1 N–H and O–H groups in total. The van der Waals surface area contributed by atoms with Crippen LogP contribution in [0.2, 0.25) is 0 Å². The fourth-order valence-corrected chi connectivity index (χ4v) is 1.88. The van der Waals surface area contributed by atoms with E-state index in [0.717, 1.165) is 24.4 Å². The van der Waals surface area contributed by atoms with Crippen LogP contribution in [0.15, 0.2) is 24.8 Å². The van der Waals surface area contributed by atoms with E-state index >= 15 is 0 Å². The number of aromatic nitrogens is 1. The van der Waals surface area contributed by atoms with Gasteiger partial charge in [-0.25, -0.2) is 9.78 Å². The third-order valence-electron chi connectivity index (χ3n) is 2.79. The van der Waals surface area contributed by atoms with Gasteiger partial charge in [-0.3, -0.25) is 0 Å². The number of carbonyl (C=O) groups is 1. The molecule has 0 amide bonds. The van der Waals surface area contributed by atoms with E-state index in [0.29, 0.717) is 18.2 Å². The average Bonchev–Trinajstić information content (AvgIpc) is 3.08. The summed E-state index contributed by atoms with van der Waals surface area (Å²) in [5.41, 5.74) is 1.02. The van der Waals surface area contributed by atoms with Crippen molar-refractivity contribution in [1.29, 1.82) is 0 Å². The first-order valence-corrected chi connectivity index (χ1v) is 5.71. The smallest absolute Gasteiger partial charge is 0.335 e. The minimum absolute atomic E-state index is 0.294. The monoisotopic (exact) mass is 232 g/mol. The lowest BCUT2D eigenvalue weighted by atomic mass is 10.2. The normalized spacial score (nSPS) is 14.4. The van der Waals surface area contributed by atoms with Gasteiger partial charge in [-0.15, -0.1) is 6.58 Å². The van der Waals surface area contributed by atoms with Gasteiger partial charge < -0.3 is 10.0 Å². The topological polar surface area (TPSA) is 53.4 Å². The highest BCUT2D eigenvalue weighted by Gasteiger charge is 2.29. The molecule has 4 heteroatoms. The molecule has 4 nitrogen and oxygen atoms in total. The fraction of sp³-hybridized carbons (Fsp3) is 0.385. The molecule has 1 aromatic rings. The van der Waals surface area contributed by atoms with Crippen LogP contribution in [0.1, 0.15) is 28.9 Å². The van der Waals surface area contributed by atoms with Crippen LogP contribution in [0.3, 0.4) is 0 Å². The molecule has 0 radical (unpaired) electrons. The summed E-state index contributed by atoms with van der Waals surface area (Å²) in [4.78, 5) is 17.5. The van der Waals surface area contributed by atoms with Crippen LogP contribution in [0.5, 0.6) is 0 Å². The first-order valence-electron chi connectivity index (χ1n) is 5.71. The van der Waals surface area contributed by atoms with Crippen molar-refractivity contribution in [2.24, 2.45) is 0 Å². The second-order valence-corrected chi connectivity index (χ2v) is 4.33. The Hall–Kier alpha value is -1.84. The minimum atomic E-state index is -0.911. The Balaban J connectivity index is 2.34. The van der Waals surface area contributed by atoms with Crippen molar-refractivity contribution >= 4 is 11.8 Å². The summed E-state index contributed by atoms with van der Waals surface area (Å²) in [6.45, 7) is 6.25. The van der Waals surface area contributed by atoms with Gasteiger partial charge in [-0.2, -0.15) is 0 Å². The van der Waals surface area contributed by atoms with E-state index in [2.05, 4.69) is 16.5 Å². The zero-order valence-corrected chi connectivity index (χ0v) is 9.89. The SMILES string of the molecule is C=CCN(c1cc(C(=O)O)cc(C)n1)C1CC1. The van der Waals surface area contributed by atoms with Crippen molar-refractivity contribution in [3.63, 3.8) is 0 Å². The van der Waals surface area contributed by atoms with E-state index in [1.54, 1.807) is 12.1 Å². The maximum atomic E-state index is 11.0. The molecule has 1 aliphatic carbocycles. The maximum Gasteiger partial charge on any atom is 0.335 e. The van der Waals surface area contributed by atoms with Gasteiger partial charge in [0.25, 0.3) is 0 Å². The zero-order valence-electron chi connectivity index (χ0n) is 9.89. The number of aromatic carboxylic acids is 1. The van der Waals surface area contributed by atoms with Crippen LogP contribution in [-0.2, 0) is 0 Å². The highest BCUT2D eigenvalue weighted by Crippen LogP contribution is 2.31. The van der Waals surface area contributed by atoms with Gasteiger partial charge in [0.1, 0.15) is 5.82 Å². The van der Waals surface area contributed by atoms with Crippen LogP contribution in [0.4, 0.5) is 5.82 Å². The Morgan fingerprint density at radius 3 is 2.88 bits per heavy atom. The lowest BCUT2D eigenvalue weighted by Gasteiger charge is -2.22. The molecule has 0 aliphatic heterocycles. The van der Waals surface area contributed by atoms with Crippen molar-refractivity contribution in [3.8, 4) is 0 Å². The summed E-state index contributed by atoms with van der Waals surface area (Å²) in [5.74, 6) is -0.170. The van der Waals surface area contributed by atoms with Crippen LogP contribution in [0.25, 0.3) is 0 Å². The molecule has 1 fully saturated rings. The summed E-state index contributed by atoms with van der Waals surface area (Å²) < 4.78 is 0. The molecule has 17 heavy (non-hydrogen) atoms. The van der Waals surface area contributed by atoms with Gasteiger partial charge in [-0.1, -0.05) is 6.08 Å². The van der Waals surface area contributed by atoms with Gasteiger partial charge in [0.05, 0.1) is 5.56 Å². The van der Waals surface area contributed by atoms with Gasteiger partial charge in [0, 0.05) is 18.3 Å². The number of rotatable bonds is 5. The average molecular weight is 232 g/mol. The molecule has 1 heterocycles. The minimum Gasteiger partial charge on any atom is -0.478 e. The molecule has 0 spiro atoms. The van der Waals surface area contributed by atoms with Crippen LogP contribution < -0.4 is 4.90 Å². The Morgan fingerprint density at radius 2 is 2.35 bits per heavy atom. The third kappa shape index (κ3) is 2.64. The second kappa shape index (κ2) is 4.57. The van der Waals surface area contributed by atoms with Gasteiger partial charge in [0.2, 0.25) is 0 Å². The van der Waals surface area contributed by atoms with Crippen LogP contribution in [0, 0.1) is 6.92 Å². The molecular weight excluding hydrogens is 216 g/mol. The van der Waals surface area contributed by atoms with Crippen molar-refractivity contribution in [1.82, 2.24) is 4.98 Å². The Kier molecular flexibility index (Phi) is 3.13. The van der Waals surface area contributed by atoms with Crippen molar-refractivity contribution in [2.45, 2.75) is 25.8 Å². The largest absolute Gasteiger partial charge is 0.478 e. The second-order valence-electron chi connectivity index (χ2n) is 4.33. The number of nitrogens with zero attached hydrogens (tertiary/aromatic N) is 2. The first-order chi connectivity index (χ1) is 8.11. The molecule has 1 aromatic heterocycles. The van der Waals surface area contributed by atoms with Crippen molar-refractivity contribution < 1.29 is 9.90 Å². The standard InChI is InChI=1S/C13H16N2O2/c1-3-6-15(11-4-5-11)12-8-10(13(16)17)7-9(2)14-12/h3,7-8,11H,1,4-6H2,2H3,(H,16,17). The van der Waals surface area contributed by atoms with Crippen molar-refractivity contribution in [3.05, 3.63) is 36.0 Å². The van der Waals surface area contributed by atoms with Crippen molar-refractivity contribution in [2.75, 3.05) is 11.4 Å². The maximum absolute atomic E-state index is 11.0. The molecule has 0 bridgehead atoms. The number of aryl methyl sites for hydroxylation is 1. The quantitative estimate of drug-likeness (QED) is 0.791. The van der Waals surface area contributed by atoms with E-state index in [9.17, 15) is 4.79 Å². The lowest BCUT2D eigenvalue weighted by molar-refractivity contribution is 0.0696. The summed E-state index contributed by atoms with van der Waals surface area (Å²) in [5, 5.41) is 9.03. The highest BCUT2D eigenvalue weighted by atomic mass is 16.4. The highest BCUT2D eigenvalue weighted by molar-refractivity contribution is 5.88. The van der Waals surface area contributed by atoms with E-state index in [1.165, 1.54) is 0 Å². The number of pyridine rings is 1. The molecule has 1 saturated carbocycles. The Labute approximate surface area is 101 Å². The predicted octanol–water partition coefficient (Wildman–Crippen LogP) is 2.24. The summed E-state index contributed by atoms with van der Waals surface area (Å²) in [6.07, 6.45) is 4.11. The van der Waals surface area contributed by atoms with Gasteiger partial charge in [0.15, 0.2) is 0 Å². The molecule has 1 aliphatic rings. The molecule has 0 atom stereocenters. The number of hydrogen-bond donors (Lipinski definition) is 1. The number of carboxylic acid groups (broad SMARTS) is 1. The molecular formula is C13H16N2O2. The first kappa shape index (κ1) is 11.6. The predicted molar refractivity (Wildman–Crippen MR) is 66.5 cm³/mol. The summed E-state index contributed by atoms with van der Waals surface area (Å²) in [7, 11) is 0. The fourth-order valence-electron chi connectivity index (χ4n) is 1.88. The number of carboxylic acids is 1. The molecule has 0 aromatic carbocycles. The number of anilines is 1.